The van der Waals surface area contributed by atoms with Gasteiger partial charge in [0.05, 0.1) is 17.1 Å². The van der Waals surface area contributed by atoms with Crippen LogP contribution in [0.25, 0.3) is 77.1 Å². The van der Waals surface area contributed by atoms with Crippen molar-refractivity contribution in [3.05, 3.63) is 182 Å². The van der Waals surface area contributed by atoms with Crippen molar-refractivity contribution in [3.63, 3.8) is 0 Å². The molecule has 1 aliphatic rings. The van der Waals surface area contributed by atoms with Gasteiger partial charge in [0, 0.05) is 40.4 Å². The predicted octanol–water partition coefficient (Wildman–Crippen LogP) is 12.1. The molecule has 0 aliphatic carbocycles. The first kappa shape index (κ1) is 29.3. The molecule has 51 heavy (non-hydrogen) atoms. The van der Waals surface area contributed by atoms with Gasteiger partial charge in [-0.15, -0.1) is 0 Å². The minimum absolute atomic E-state index is 0.0309. The summed E-state index contributed by atoms with van der Waals surface area (Å²) in [6.45, 7) is 0. The number of likely N-dealkylation sites (N-methyl/N-ethyl adjacent to an activating group) is 1. The number of fused-ring (bicyclic) bond motifs is 6. The zero-order chi connectivity index (χ0) is 33.9. The fraction of sp³-hybridized carbons (Fsp3) is 0.0426. The number of aromatic nitrogens is 1. The first-order valence-electron chi connectivity index (χ1n) is 17.4. The Labute approximate surface area is 295 Å². The number of aliphatic imine (C=N–C) groups is 1. The van der Waals surface area contributed by atoms with Crippen LogP contribution in [0.1, 0.15) is 11.6 Å². The molecule has 4 heteroatoms. The molecular formula is C47H33N3O. The highest BCUT2D eigenvalue weighted by atomic mass is 16.3. The third kappa shape index (κ3) is 4.79. The largest absolute Gasteiger partial charge is 0.455 e. The van der Waals surface area contributed by atoms with E-state index in [9.17, 15) is 0 Å². The summed E-state index contributed by atoms with van der Waals surface area (Å²) in [5.74, 6) is 0.889. The van der Waals surface area contributed by atoms with Crippen molar-refractivity contribution in [1.29, 1.82) is 0 Å². The predicted molar refractivity (Wildman–Crippen MR) is 212 cm³/mol. The first-order chi connectivity index (χ1) is 25.2. The van der Waals surface area contributed by atoms with Crippen LogP contribution in [0.5, 0.6) is 0 Å². The molecule has 3 heterocycles. The molecular weight excluding hydrogens is 623 g/mol. The van der Waals surface area contributed by atoms with E-state index in [1.54, 1.807) is 0 Å². The molecule has 0 N–H and O–H groups in total. The van der Waals surface area contributed by atoms with Crippen molar-refractivity contribution in [2.24, 2.45) is 4.99 Å². The zero-order valence-electron chi connectivity index (χ0n) is 28.1. The molecule has 242 valence electrons. The number of hydrogen-bond acceptors (Lipinski definition) is 3. The second kappa shape index (κ2) is 11.7. The van der Waals surface area contributed by atoms with E-state index >= 15 is 0 Å². The third-order valence-corrected chi connectivity index (χ3v) is 10.3. The van der Waals surface area contributed by atoms with Crippen LogP contribution < -0.4 is 0 Å². The van der Waals surface area contributed by atoms with Crippen LogP contribution in [0, 0.1) is 0 Å². The summed E-state index contributed by atoms with van der Waals surface area (Å²) in [4.78, 5) is 7.27. The first-order valence-corrected chi connectivity index (χ1v) is 17.4. The quantitative estimate of drug-likeness (QED) is 0.189. The molecule has 1 unspecified atom stereocenters. The second-order valence-electron chi connectivity index (χ2n) is 13.3. The van der Waals surface area contributed by atoms with Gasteiger partial charge >= 0.3 is 0 Å². The molecule has 0 radical (unpaired) electrons. The topological polar surface area (TPSA) is 33.7 Å². The normalized spacial score (nSPS) is 14.6. The Morgan fingerprint density at radius 1 is 0.510 bits per heavy atom. The fourth-order valence-electron chi connectivity index (χ4n) is 7.80. The summed E-state index contributed by atoms with van der Waals surface area (Å²) in [6.07, 6.45) is 4.13. The zero-order valence-corrected chi connectivity index (χ0v) is 28.1. The lowest BCUT2D eigenvalue weighted by atomic mass is 9.97. The molecule has 10 rings (SSSR count). The Morgan fingerprint density at radius 2 is 1.16 bits per heavy atom. The average Bonchev–Trinajstić information content (AvgIpc) is 3.74. The molecule has 9 aromatic rings. The minimum Gasteiger partial charge on any atom is -0.455 e. The van der Waals surface area contributed by atoms with Crippen LogP contribution in [-0.4, -0.2) is 22.5 Å². The van der Waals surface area contributed by atoms with Crippen LogP contribution in [0.4, 0.5) is 0 Å². The van der Waals surface area contributed by atoms with E-state index < -0.39 is 0 Å². The number of rotatable bonds is 4. The SMILES string of the molecule is CN1C(n2c3ccccc3c3cc(-c4cccc5c4oc4ccccc45)ccc32)=NC=CC1c1ccc(-c2cccc(-c3ccccc3)c2)cc1. The lowest BCUT2D eigenvalue weighted by molar-refractivity contribution is 0.420. The Morgan fingerprint density at radius 3 is 2.00 bits per heavy atom. The van der Waals surface area contributed by atoms with Gasteiger partial charge in [0.1, 0.15) is 11.2 Å². The average molecular weight is 656 g/mol. The van der Waals surface area contributed by atoms with Crippen molar-refractivity contribution >= 4 is 49.7 Å². The molecule has 2 aromatic heterocycles. The molecule has 0 bridgehead atoms. The maximum atomic E-state index is 6.42. The molecule has 7 aromatic carbocycles. The van der Waals surface area contributed by atoms with Gasteiger partial charge in [-0.05, 0) is 69.8 Å². The number of furan rings is 1. The fourth-order valence-corrected chi connectivity index (χ4v) is 7.80. The molecule has 4 nitrogen and oxygen atoms in total. The summed E-state index contributed by atoms with van der Waals surface area (Å²) in [5, 5.41) is 4.64. The van der Waals surface area contributed by atoms with Gasteiger partial charge < -0.3 is 9.32 Å². The Hall–Kier alpha value is -6.65. The van der Waals surface area contributed by atoms with Gasteiger partial charge in [-0.1, -0.05) is 133 Å². The lowest BCUT2D eigenvalue weighted by Crippen LogP contribution is -2.36. The monoisotopic (exact) mass is 655 g/mol. The highest BCUT2D eigenvalue weighted by Gasteiger charge is 2.25. The van der Waals surface area contributed by atoms with Crippen LogP contribution in [0.3, 0.4) is 0 Å². The molecule has 1 aliphatic heterocycles. The van der Waals surface area contributed by atoms with Crippen molar-refractivity contribution in [2.45, 2.75) is 6.04 Å². The van der Waals surface area contributed by atoms with Crippen molar-refractivity contribution in [1.82, 2.24) is 9.47 Å². The van der Waals surface area contributed by atoms with E-state index in [0.29, 0.717) is 0 Å². The van der Waals surface area contributed by atoms with Crippen molar-refractivity contribution < 1.29 is 4.42 Å². The smallest absolute Gasteiger partial charge is 0.211 e. The molecule has 0 amide bonds. The van der Waals surface area contributed by atoms with E-state index in [4.69, 9.17) is 9.41 Å². The van der Waals surface area contributed by atoms with Crippen molar-refractivity contribution in [2.75, 3.05) is 7.05 Å². The summed E-state index contributed by atoms with van der Waals surface area (Å²) >= 11 is 0. The van der Waals surface area contributed by atoms with Gasteiger partial charge in [-0.25, -0.2) is 4.99 Å². The Bertz CT molecular complexity index is 2820. The summed E-state index contributed by atoms with van der Waals surface area (Å²) < 4.78 is 8.72. The molecule has 0 spiro atoms. The molecule has 0 fully saturated rings. The van der Waals surface area contributed by atoms with E-state index in [0.717, 1.165) is 50.1 Å². The van der Waals surface area contributed by atoms with Crippen LogP contribution in [0.15, 0.2) is 185 Å². The Kier molecular flexibility index (Phi) is 6.75. The highest BCUT2D eigenvalue weighted by Crippen LogP contribution is 2.39. The molecule has 0 saturated carbocycles. The van der Waals surface area contributed by atoms with Gasteiger partial charge in [0.15, 0.2) is 0 Å². The summed E-state index contributed by atoms with van der Waals surface area (Å²) in [5.41, 5.74) is 12.3. The number of benzene rings is 7. The van der Waals surface area contributed by atoms with Crippen molar-refractivity contribution in [3.8, 4) is 33.4 Å². The molecule has 0 saturated heterocycles. The van der Waals surface area contributed by atoms with E-state index in [1.807, 2.05) is 18.3 Å². The summed E-state index contributed by atoms with van der Waals surface area (Å²) in [6, 6.07) is 58.4. The standard InChI is InChI=1S/C47H33N3O/c1-49-42(33-23-21-32(22-24-33)35-14-9-13-34(29-35)31-11-3-2-4-12-31)27-28-48-47(49)50-43-19-7-5-15-38(43)41-30-36(25-26-44(41)50)37-17-10-18-40-39-16-6-8-20-45(39)51-46(37)40/h2-30,42H,1H3. The lowest BCUT2D eigenvalue weighted by Gasteiger charge is -2.32. The van der Waals surface area contributed by atoms with Crippen LogP contribution in [-0.2, 0) is 0 Å². The van der Waals surface area contributed by atoms with Crippen LogP contribution >= 0.6 is 0 Å². The maximum Gasteiger partial charge on any atom is 0.211 e. The Balaban J connectivity index is 1.01. The molecule has 1 atom stereocenters. The number of hydrogen-bond donors (Lipinski definition) is 0. The second-order valence-corrected chi connectivity index (χ2v) is 13.3. The van der Waals surface area contributed by atoms with Gasteiger partial charge in [-0.2, -0.15) is 0 Å². The van der Waals surface area contributed by atoms with E-state index in [2.05, 4.69) is 174 Å². The van der Waals surface area contributed by atoms with Gasteiger partial charge in [0.2, 0.25) is 5.96 Å². The van der Waals surface area contributed by atoms with Gasteiger partial charge in [0.25, 0.3) is 0 Å². The number of para-hydroxylation sites is 3. The van der Waals surface area contributed by atoms with E-state index in [1.165, 1.54) is 38.6 Å². The van der Waals surface area contributed by atoms with Gasteiger partial charge in [-0.3, -0.25) is 4.57 Å². The maximum absolute atomic E-state index is 6.42. The van der Waals surface area contributed by atoms with Crippen LogP contribution in [0.2, 0.25) is 0 Å². The third-order valence-electron chi connectivity index (χ3n) is 10.3. The highest BCUT2D eigenvalue weighted by molar-refractivity contribution is 6.16. The number of nitrogens with zero attached hydrogens (tertiary/aromatic N) is 3. The summed E-state index contributed by atoms with van der Waals surface area (Å²) in [7, 11) is 2.14. The minimum atomic E-state index is 0.0309. The van der Waals surface area contributed by atoms with E-state index in [-0.39, 0.29) is 6.04 Å².